The molecule has 0 saturated carbocycles. The minimum atomic E-state index is -4.36. The van der Waals surface area contributed by atoms with Crippen LogP contribution >= 0.6 is 0 Å². The summed E-state index contributed by atoms with van der Waals surface area (Å²) >= 11 is 0. The van der Waals surface area contributed by atoms with E-state index in [1.165, 1.54) is 0 Å². The molecule has 2 aromatic carbocycles. The van der Waals surface area contributed by atoms with Gasteiger partial charge in [0.2, 0.25) is 0 Å². The molecule has 0 unspecified atom stereocenters. The molecule has 138 valence electrons. The normalized spacial score (nSPS) is 10.9. The number of methoxy groups -OCH3 is 2. The molecule has 26 heavy (non-hydrogen) atoms. The van der Waals surface area contributed by atoms with Crippen molar-refractivity contribution in [2.24, 2.45) is 0 Å². The Morgan fingerprint density at radius 3 is 2.00 bits per heavy atom. The number of hydrogen-bond donors (Lipinski definition) is 2. The molecule has 0 spiro atoms. The number of halogens is 1. The summed E-state index contributed by atoms with van der Waals surface area (Å²) in [4.78, 5) is 23.0. The van der Waals surface area contributed by atoms with E-state index in [2.05, 4.69) is 9.47 Å². The minimum Gasteiger partial charge on any atom is -0.508 e. The molecular weight excluding hydrogens is 369 g/mol. The third kappa shape index (κ3) is 4.09. The minimum absolute atomic E-state index is 0.207. The maximum atomic E-state index is 13.8. The van der Waals surface area contributed by atoms with Gasteiger partial charge >= 0.3 is 11.9 Å². The van der Waals surface area contributed by atoms with Gasteiger partial charge in [-0.1, -0.05) is 0 Å². The van der Waals surface area contributed by atoms with Crippen molar-refractivity contribution in [1.82, 2.24) is 0 Å². The number of carbonyl (C=O) groups is 2. The molecule has 0 aromatic heterocycles. The van der Waals surface area contributed by atoms with Crippen LogP contribution in [0.15, 0.2) is 41.3 Å². The molecule has 8 nitrogen and oxygen atoms in total. The van der Waals surface area contributed by atoms with Crippen LogP contribution in [0.5, 0.6) is 5.75 Å². The average molecular weight is 383 g/mol. The molecule has 0 heterocycles. The fourth-order valence-electron chi connectivity index (χ4n) is 2.02. The molecule has 10 heteroatoms. The Balaban J connectivity index is 2.53. The van der Waals surface area contributed by atoms with Crippen LogP contribution in [0.3, 0.4) is 0 Å². The van der Waals surface area contributed by atoms with Crippen molar-refractivity contribution in [3.05, 3.63) is 53.3 Å². The molecule has 2 N–H and O–H groups in total. The van der Waals surface area contributed by atoms with E-state index in [4.69, 9.17) is 0 Å². The number of esters is 2. The smallest absolute Gasteiger partial charge is 0.337 e. The SMILES string of the molecule is COC(=O)c1cc(C(=O)OC)cc(S(=O)(=O)Nc2ccc(O)cc2F)c1. The lowest BCUT2D eigenvalue weighted by atomic mass is 10.1. The van der Waals surface area contributed by atoms with Crippen LogP contribution in [-0.4, -0.2) is 39.7 Å². The molecule has 0 aliphatic carbocycles. The molecule has 2 rings (SSSR count). The van der Waals surface area contributed by atoms with Gasteiger partial charge in [-0.05, 0) is 30.3 Å². The van der Waals surface area contributed by atoms with Crippen LogP contribution in [-0.2, 0) is 19.5 Å². The van der Waals surface area contributed by atoms with Crippen molar-refractivity contribution >= 4 is 27.6 Å². The number of nitrogens with one attached hydrogen (secondary N) is 1. The summed E-state index contributed by atoms with van der Waals surface area (Å²) in [6.45, 7) is 0. The van der Waals surface area contributed by atoms with Gasteiger partial charge in [-0.15, -0.1) is 0 Å². The monoisotopic (exact) mass is 383 g/mol. The van der Waals surface area contributed by atoms with Crippen LogP contribution in [0.2, 0.25) is 0 Å². The van der Waals surface area contributed by atoms with Crippen molar-refractivity contribution in [2.75, 3.05) is 18.9 Å². The van der Waals surface area contributed by atoms with Gasteiger partial charge in [0.05, 0.1) is 35.9 Å². The Morgan fingerprint density at radius 2 is 1.54 bits per heavy atom. The Hall–Kier alpha value is -3.14. The van der Waals surface area contributed by atoms with Gasteiger partial charge in [-0.25, -0.2) is 22.4 Å². The first-order chi connectivity index (χ1) is 12.2. The summed E-state index contributed by atoms with van der Waals surface area (Å²) in [7, 11) is -2.19. The predicted octanol–water partition coefficient (Wildman–Crippen LogP) is 1.91. The second kappa shape index (κ2) is 7.40. The Morgan fingerprint density at radius 1 is 1.00 bits per heavy atom. The first-order valence-corrected chi connectivity index (χ1v) is 8.49. The van der Waals surface area contributed by atoms with E-state index in [0.717, 1.165) is 50.6 Å². The van der Waals surface area contributed by atoms with E-state index >= 15 is 0 Å². The number of rotatable bonds is 5. The van der Waals surface area contributed by atoms with Crippen LogP contribution in [0.1, 0.15) is 20.7 Å². The highest BCUT2D eigenvalue weighted by molar-refractivity contribution is 7.92. The Kier molecular flexibility index (Phi) is 5.46. The number of sulfonamides is 1. The maximum absolute atomic E-state index is 13.8. The molecule has 0 fully saturated rings. The van der Waals surface area contributed by atoms with Gasteiger partial charge in [0.25, 0.3) is 10.0 Å². The number of phenols is 1. The largest absolute Gasteiger partial charge is 0.508 e. The van der Waals surface area contributed by atoms with Crippen molar-refractivity contribution in [2.45, 2.75) is 4.90 Å². The summed E-state index contributed by atoms with van der Waals surface area (Å²) in [5.41, 5.74) is -0.838. The van der Waals surface area contributed by atoms with E-state index in [-0.39, 0.29) is 16.9 Å². The zero-order valence-corrected chi connectivity index (χ0v) is 14.5. The molecule has 0 amide bonds. The fourth-order valence-corrected chi connectivity index (χ4v) is 3.15. The number of ether oxygens (including phenoxy) is 2. The molecular formula is C16H14FNO7S. The van der Waals surface area contributed by atoms with Crippen LogP contribution < -0.4 is 4.72 Å². The lowest BCUT2D eigenvalue weighted by molar-refractivity contribution is 0.0598. The van der Waals surface area contributed by atoms with E-state index in [1.807, 2.05) is 4.72 Å². The highest BCUT2D eigenvalue weighted by Gasteiger charge is 2.22. The van der Waals surface area contributed by atoms with Crippen molar-refractivity contribution < 1.29 is 37.0 Å². The number of benzene rings is 2. The number of phenolic OH excluding ortho intramolecular Hbond substituents is 1. The quantitative estimate of drug-likeness (QED) is 0.598. The second-order valence-electron chi connectivity index (χ2n) is 5.00. The number of anilines is 1. The van der Waals surface area contributed by atoms with Gasteiger partial charge in [0.1, 0.15) is 5.75 Å². The lowest BCUT2D eigenvalue weighted by Gasteiger charge is -2.11. The summed E-state index contributed by atoms with van der Waals surface area (Å²) in [6, 6.07) is 5.89. The predicted molar refractivity (Wildman–Crippen MR) is 88.0 cm³/mol. The van der Waals surface area contributed by atoms with Gasteiger partial charge < -0.3 is 14.6 Å². The zero-order valence-electron chi connectivity index (χ0n) is 13.6. The second-order valence-corrected chi connectivity index (χ2v) is 6.68. The van der Waals surface area contributed by atoms with E-state index in [0.29, 0.717) is 0 Å². The molecule has 2 aromatic rings. The van der Waals surface area contributed by atoms with Crippen LogP contribution in [0.4, 0.5) is 10.1 Å². The van der Waals surface area contributed by atoms with Crippen LogP contribution in [0, 0.1) is 5.82 Å². The molecule has 0 saturated heterocycles. The lowest BCUT2D eigenvalue weighted by Crippen LogP contribution is -2.16. The number of hydrogen-bond acceptors (Lipinski definition) is 7. The summed E-state index contributed by atoms with van der Waals surface area (Å²) < 4.78 is 49.9. The molecule has 0 bridgehead atoms. The van der Waals surface area contributed by atoms with E-state index < -0.39 is 38.4 Å². The van der Waals surface area contributed by atoms with Crippen LogP contribution in [0.25, 0.3) is 0 Å². The average Bonchev–Trinajstić information content (AvgIpc) is 2.62. The summed E-state index contributed by atoms with van der Waals surface area (Å²) in [5.74, 6) is -3.14. The summed E-state index contributed by atoms with van der Waals surface area (Å²) in [6.07, 6.45) is 0. The molecule has 0 aliphatic rings. The van der Waals surface area contributed by atoms with Crippen molar-refractivity contribution in [3.8, 4) is 5.75 Å². The summed E-state index contributed by atoms with van der Waals surface area (Å²) in [5, 5.41) is 9.18. The standard InChI is InChI=1S/C16H14FNO7S/c1-24-15(20)9-5-10(16(21)25-2)7-12(6-9)26(22,23)18-14-4-3-11(19)8-13(14)17/h3-8,18-19H,1-2H3. The third-order valence-electron chi connectivity index (χ3n) is 3.26. The van der Waals surface area contributed by atoms with Gasteiger partial charge in [0, 0.05) is 6.07 Å². The molecule has 0 radical (unpaired) electrons. The van der Waals surface area contributed by atoms with Gasteiger partial charge in [-0.2, -0.15) is 0 Å². The van der Waals surface area contributed by atoms with Gasteiger partial charge in [-0.3, -0.25) is 4.72 Å². The third-order valence-corrected chi connectivity index (χ3v) is 4.60. The first kappa shape index (κ1) is 19.2. The van der Waals surface area contributed by atoms with Gasteiger partial charge in [0.15, 0.2) is 5.82 Å². The maximum Gasteiger partial charge on any atom is 0.337 e. The first-order valence-electron chi connectivity index (χ1n) is 7.01. The van der Waals surface area contributed by atoms with Crippen molar-refractivity contribution in [3.63, 3.8) is 0 Å². The van der Waals surface area contributed by atoms with E-state index in [9.17, 15) is 27.5 Å². The van der Waals surface area contributed by atoms with E-state index in [1.54, 1.807) is 0 Å². The molecule has 0 aliphatic heterocycles. The van der Waals surface area contributed by atoms with Crippen molar-refractivity contribution in [1.29, 1.82) is 0 Å². The topological polar surface area (TPSA) is 119 Å². The highest BCUT2D eigenvalue weighted by atomic mass is 32.2. The highest BCUT2D eigenvalue weighted by Crippen LogP contribution is 2.24. The Bertz CT molecular complexity index is 938. The number of aromatic hydroxyl groups is 1. The fraction of sp³-hybridized carbons (Fsp3) is 0.125. The Labute approximate surface area is 148 Å². The number of carbonyl (C=O) groups excluding carboxylic acids is 2. The zero-order chi connectivity index (χ0) is 19.5. The molecule has 0 atom stereocenters.